The van der Waals surface area contributed by atoms with E-state index < -0.39 is 4.92 Å². The first kappa shape index (κ1) is 15.9. The zero-order chi connectivity index (χ0) is 13.1. The maximum Gasteiger partial charge on any atom is 0.324 e. The minimum atomic E-state index is -0.485. The van der Waals surface area contributed by atoms with Gasteiger partial charge in [-0.05, 0) is 25.7 Å². The molecular weight excluding hydrogens is 290 g/mol. The lowest BCUT2D eigenvalue weighted by Gasteiger charge is -2.26. The second kappa shape index (κ2) is 6.83. The molecular formula is C11H16ClN3O3S. The standard InChI is InChI=1S/C11H15N3O3S.ClH/c12-8-1-3-9(4-2-8)13-11(15)7-5-10(14(16)17)18-6-7;/h5-6,8-9H,1-4,12H2,(H,13,15);1H. The molecule has 1 aliphatic rings. The van der Waals surface area contributed by atoms with Gasteiger partial charge in [-0.3, -0.25) is 14.9 Å². The second-order valence-electron chi connectivity index (χ2n) is 4.52. The Labute approximate surface area is 120 Å². The topological polar surface area (TPSA) is 98.3 Å². The average molecular weight is 306 g/mol. The summed E-state index contributed by atoms with van der Waals surface area (Å²) in [7, 11) is 0. The van der Waals surface area contributed by atoms with Gasteiger partial charge >= 0.3 is 5.00 Å². The summed E-state index contributed by atoms with van der Waals surface area (Å²) in [5.41, 5.74) is 6.15. The van der Waals surface area contributed by atoms with Gasteiger partial charge in [0.15, 0.2) is 0 Å². The molecule has 1 amide bonds. The van der Waals surface area contributed by atoms with Crippen molar-refractivity contribution in [3.63, 3.8) is 0 Å². The number of rotatable bonds is 3. The Morgan fingerprint density at radius 3 is 2.58 bits per heavy atom. The van der Waals surface area contributed by atoms with E-state index in [-0.39, 0.29) is 35.4 Å². The Morgan fingerprint density at radius 2 is 2.05 bits per heavy atom. The van der Waals surface area contributed by atoms with Crippen LogP contribution < -0.4 is 11.1 Å². The summed E-state index contributed by atoms with van der Waals surface area (Å²) in [6.07, 6.45) is 3.57. The van der Waals surface area contributed by atoms with Crippen LogP contribution in [0.4, 0.5) is 5.00 Å². The van der Waals surface area contributed by atoms with Crippen molar-refractivity contribution in [1.82, 2.24) is 5.32 Å². The van der Waals surface area contributed by atoms with Gasteiger partial charge in [0.2, 0.25) is 0 Å². The van der Waals surface area contributed by atoms with Crippen molar-refractivity contribution in [3.05, 3.63) is 27.1 Å². The van der Waals surface area contributed by atoms with E-state index in [0.717, 1.165) is 37.0 Å². The molecule has 3 N–H and O–H groups in total. The van der Waals surface area contributed by atoms with Crippen LogP contribution in [0.2, 0.25) is 0 Å². The lowest BCUT2D eigenvalue weighted by Crippen LogP contribution is -2.40. The van der Waals surface area contributed by atoms with E-state index in [0.29, 0.717) is 5.56 Å². The van der Waals surface area contributed by atoms with E-state index in [2.05, 4.69) is 5.32 Å². The van der Waals surface area contributed by atoms with E-state index >= 15 is 0 Å². The lowest BCUT2D eigenvalue weighted by atomic mass is 9.92. The number of hydrogen-bond acceptors (Lipinski definition) is 5. The molecule has 6 nitrogen and oxygen atoms in total. The molecule has 8 heteroatoms. The molecule has 19 heavy (non-hydrogen) atoms. The fourth-order valence-corrected chi connectivity index (χ4v) is 2.78. The number of carbonyl (C=O) groups excluding carboxylic acids is 1. The molecule has 1 aliphatic carbocycles. The Balaban J connectivity index is 0.00000180. The van der Waals surface area contributed by atoms with Crippen LogP contribution in [0.3, 0.4) is 0 Å². The fraction of sp³-hybridized carbons (Fsp3) is 0.545. The van der Waals surface area contributed by atoms with Crippen molar-refractivity contribution in [2.45, 2.75) is 37.8 Å². The molecule has 0 bridgehead atoms. The summed E-state index contributed by atoms with van der Waals surface area (Å²) in [6.45, 7) is 0. The van der Waals surface area contributed by atoms with Crippen LogP contribution in [-0.4, -0.2) is 22.9 Å². The molecule has 2 rings (SSSR count). The first-order chi connectivity index (χ1) is 8.56. The molecule has 0 atom stereocenters. The van der Waals surface area contributed by atoms with Crippen LogP contribution in [0.5, 0.6) is 0 Å². The lowest BCUT2D eigenvalue weighted by molar-refractivity contribution is -0.380. The number of nitrogens with two attached hydrogens (primary N) is 1. The third-order valence-electron chi connectivity index (χ3n) is 3.13. The number of nitrogens with one attached hydrogen (secondary N) is 1. The van der Waals surface area contributed by atoms with E-state index in [1.165, 1.54) is 11.4 Å². The van der Waals surface area contributed by atoms with Gasteiger partial charge in [-0.25, -0.2) is 0 Å². The first-order valence-electron chi connectivity index (χ1n) is 5.85. The van der Waals surface area contributed by atoms with Crippen LogP contribution in [-0.2, 0) is 0 Å². The molecule has 0 saturated heterocycles. The van der Waals surface area contributed by atoms with Gasteiger partial charge in [0, 0.05) is 23.5 Å². The molecule has 106 valence electrons. The highest BCUT2D eigenvalue weighted by Crippen LogP contribution is 2.23. The normalized spacial score (nSPS) is 22.4. The average Bonchev–Trinajstić information content (AvgIpc) is 2.81. The van der Waals surface area contributed by atoms with E-state index in [4.69, 9.17) is 5.73 Å². The van der Waals surface area contributed by atoms with Crippen molar-refractivity contribution in [2.24, 2.45) is 5.73 Å². The van der Waals surface area contributed by atoms with Gasteiger partial charge in [0.1, 0.15) is 0 Å². The number of carbonyl (C=O) groups is 1. The fourth-order valence-electron chi connectivity index (χ4n) is 2.07. The minimum Gasteiger partial charge on any atom is -0.349 e. The molecule has 1 fully saturated rings. The van der Waals surface area contributed by atoms with Gasteiger partial charge in [-0.1, -0.05) is 11.3 Å². The number of hydrogen-bond donors (Lipinski definition) is 2. The number of amides is 1. The van der Waals surface area contributed by atoms with Gasteiger partial charge in [0.05, 0.1) is 10.5 Å². The smallest absolute Gasteiger partial charge is 0.324 e. The molecule has 1 aromatic rings. The predicted molar refractivity (Wildman–Crippen MR) is 75.9 cm³/mol. The third kappa shape index (κ3) is 4.15. The van der Waals surface area contributed by atoms with Gasteiger partial charge in [-0.15, -0.1) is 12.4 Å². The Kier molecular flexibility index (Phi) is 5.71. The van der Waals surface area contributed by atoms with Crippen molar-refractivity contribution >= 4 is 34.7 Å². The second-order valence-corrected chi connectivity index (χ2v) is 5.41. The number of nitro groups is 1. The molecule has 0 radical (unpaired) electrons. The van der Waals surface area contributed by atoms with E-state index in [9.17, 15) is 14.9 Å². The molecule has 0 aromatic carbocycles. The zero-order valence-electron chi connectivity index (χ0n) is 10.2. The van der Waals surface area contributed by atoms with Crippen molar-refractivity contribution in [2.75, 3.05) is 0 Å². The molecule has 1 heterocycles. The van der Waals surface area contributed by atoms with E-state index in [1.807, 2.05) is 0 Å². The van der Waals surface area contributed by atoms with E-state index in [1.54, 1.807) is 0 Å². The maximum atomic E-state index is 11.9. The van der Waals surface area contributed by atoms with Crippen LogP contribution >= 0.6 is 23.7 Å². The summed E-state index contributed by atoms with van der Waals surface area (Å²) in [4.78, 5) is 21.9. The molecule has 0 spiro atoms. The monoisotopic (exact) mass is 305 g/mol. The predicted octanol–water partition coefficient (Wildman–Crippen LogP) is 2.08. The number of nitrogens with zero attached hydrogens (tertiary/aromatic N) is 1. The van der Waals surface area contributed by atoms with Crippen molar-refractivity contribution in [1.29, 1.82) is 0 Å². The summed E-state index contributed by atoms with van der Waals surface area (Å²) in [6, 6.07) is 1.69. The van der Waals surface area contributed by atoms with Crippen molar-refractivity contribution < 1.29 is 9.72 Å². The number of halogens is 1. The van der Waals surface area contributed by atoms with Crippen LogP contribution in [0.15, 0.2) is 11.4 Å². The molecule has 1 aromatic heterocycles. The molecule has 0 unspecified atom stereocenters. The van der Waals surface area contributed by atoms with Gasteiger partial charge in [-0.2, -0.15) is 0 Å². The molecule has 1 saturated carbocycles. The third-order valence-corrected chi connectivity index (χ3v) is 4.02. The highest BCUT2D eigenvalue weighted by atomic mass is 35.5. The summed E-state index contributed by atoms with van der Waals surface area (Å²) in [5.74, 6) is -0.236. The Hall–Kier alpha value is -1.18. The van der Waals surface area contributed by atoms with Crippen molar-refractivity contribution in [3.8, 4) is 0 Å². The van der Waals surface area contributed by atoms with Crippen LogP contribution in [0.25, 0.3) is 0 Å². The number of thiophene rings is 1. The highest BCUT2D eigenvalue weighted by molar-refractivity contribution is 7.13. The maximum absolute atomic E-state index is 11.9. The summed E-state index contributed by atoms with van der Waals surface area (Å²) in [5, 5.41) is 14.9. The van der Waals surface area contributed by atoms with Gasteiger partial charge < -0.3 is 11.1 Å². The SMILES string of the molecule is Cl.NC1CCC(NC(=O)c2csc([N+](=O)[O-])c2)CC1. The summed E-state index contributed by atoms with van der Waals surface area (Å²) >= 11 is 0.968. The molecule has 0 aliphatic heterocycles. The first-order valence-corrected chi connectivity index (χ1v) is 6.73. The van der Waals surface area contributed by atoms with Crippen LogP contribution in [0.1, 0.15) is 36.0 Å². The highest BCUT2D eigenvalue weighted by Gasteiger charge is 2.22. The van der Waals surface area contributed by atoms with Crippen LogP contribution in [0, 0.1) is 10.1 Å². The Morgan fingerprint density at radius 1 is 1.42 bits per heavy atom. The minimum absolute atomic E-state index is 0. The Bertz CT molecular complexity index is 458. The quantitative estimate of drug-likeness (QED) is 0.659. The zero-order valence-corrected chi connectivity index (χ0v) is 11.8. The van der Waals surface area contributed by atoms with Gasteiger partial charge in [0.25, 0.3) is 5.91 Å². The summed E-state index contributed by atoms with van der Waals surface area (Å²) < 4.78 is 0. The largest absolute Gasteiger partial charge is 0.349 e.